The molecular formula is C6H8O4. The van der Waals surface area contributed by atoms with Gasteiger partial charge in [0.25, 0.3) is 5.79 Å². The molecule has 1 rings (SSSR count). The van der Waals surface area contributed by atoms with Crippen LogP contribution in [-0.4, -0.2) is 35.0 Å². The Kier molecular flexibility index (Phi) is 1.85. The van der Waals surface area contributed by atoms with E-state index in [0.717, 1.165) is 0 Å². The molecule has 4 heteroatoms. The lowest BCUT2D eigenvalue weighted by Crippen LogP contribution is -2.46. The Labute approximate surface area is 57.7 Å². The fourth-order valence-electron chi connectivity index (χ4n) is 0.666. The van der Waals surface area contributed by atoms with E-state index in [-0.39, 0.29) is 6.61 Å². The van der Waals surface area contributed by atoms with Crippen LogP contribution in [0.4, 0.5) is 0 Å². The SMILES string of the molecule is O=C1C=CCO[C@]1(O)CO. The van der Waals surface area contributed by atoms with Crippen molar-refractivity contribution in [1.29, 1.82) is 0 Å². The highest BCUT2D eigenvalue weighted by molar-refractivity contribution is 5.96. The number of aliphatic hydroxyl groups excluding tert-OH is 1. The van der Waals surface area contributed by atoms with Crippen LogP contribution in [0.1, 0.15) is 0 Å². The summed E-state index contributed by atoms with van der Waals surface area (Å²) in [7, 11) is 0. The van der Waals surface area contributed by atoms with E-state index >= 15 is 0 Å². The van der Waals surface area contributed by atoms with Gasteiger partial charge in [-0.15, -0.1) is 0 Å². The second-order valence-corrected chi connectivity index (χ2v) is 2.02. The van der Waals surface area contributed by atoms with E-state index < -0.39 is 18.2 Å². The standard InChI is InChI=1S/C6H8O4/c7-4-6(9)5(8)2-1-3-10-6/h1-2,7,9H,3-4H2/t6-/m1/s1. The van der Waals surface area contributed by atoms with Gasteiger partial charge in [-0.2, -0.15) is 0 Å². The number of carbonyl (C=O) groups excluding carboxylic acids is 1. The van der Waals surface area contributed by atoms with Crippen LogP contribution >= 0.6 is 0 Å². The molecule has 0 amide bonds. The molecule has 1 aliphatic rings. The number of hydrogen-bond acceptors (Lipinski definition) is 4. The van der Waals surface area contributed by atoms with Crippen LogP contribution in [0.15, 0.2) is 12.2 Å². The van der Waals surface area contributed by atoms with Gasteiger partial charge in [0.2, 0.25) is 5.78 Å². The normalized spacial score (nSPS) is 32.8. The highest BCUT2D eigenvalue weighted by Crippen LogP contribution is 2.12. The molecule has 0 radical (unpaired) electrons. The van der Waals surface area contributed by atoms with E-state index in [1.807, 2.05) is 0 Å². The van der Waals surface area contributed by atoms with Crippen molar-refractivity contribution in [3.05, 3.63) is 12.2 Å². The van der Waals surface area contributed by atoms with Crippen molar-refractivity contribution in [3.8, 4) is 0 Å². The molecule has 56 valence electrons. The van der Waals surface area contributed by atoms with E-state index in [2.05, 4.69) is 4.74 Å². The summed E-state index contributed by atoms with van der Waals surface area (Å²) in [5, 5.41) is 17.6. The highest BCUT2D eigenvalue weighted by atomic mass is 16.6. The zero-order chi connectivity index (χ0) is 7.61. The van der Waals surface area contributed by atoms with Gasteiger partial charge in [-0.1, -0.05) is 6.08 Å². The van der Waals surface area contributed by atoms with Crippen molar-refractivity contribution >= 4 is 5.78 Å². The number of rotatable bonds is 1. The molecule has 0 aromatic heterocycles. The maximum absolute atomic E-state index is 10.7. The number of hydrogen-bond donors (Lipinski definition) is 2. The average Bonchev–Trinajstić information content (AvgIpc) is 1.96. The molecular weight excluding hydrogens is 136 g/mol. The molecule has 0 spiro atoms. The summed E-state index contributed by atoms with van der Waals surface area (Å²) in [6.45, 7) is -0.543. The lowest BCUT2D eigenvalue weighted by atomic mass is 10.1. The summed E-state index contributed by atoms with van der Waals surface area (Å²) in [6.07, 6.45) is 2.67. The lowest BCUT2D eigenvalue weighted by molar-refractivity contribution is -0.213. The lowest BCUT2D eigenvalue weighted by Gasteiger charge is -2.24. The number of carbonyl (C=O) groups is 1. The molecule has 0 saturated carbocycles. The van der Waals surface area contributed by atoms with Crippen molar-refractivity contribution in [2.45, 2.75) is 5.79 Å². The van der Waals surface area contributed by atoms with Crippen molar-refractivity contribution < 1.29 is 19.7 Å². The number of ketones is 1. The quantitative estimate of drug-likeness (QED) is 0.486. The summed E-state index contributed by atoms with van der Waals surface area (Å²) in [5.74, 6) is -2.60. The van der Waals surface area contributed by atoms with E-state index in [9.17, 15) is 4.79 Å². The Bertz CT molecular complexity index is 175. The van der Waals surface area contributed by atoms with E-state index in [1.54, 1.807) is 0 Å². The van der Waals surface area contributed by atoms with Gasteiger partial charge in [-0.3, -0.25) is 4.79 Å². The molecule has 1 atom stereocenters. The predicted molar refractivity (Wildman–Crippen MR) is 32.1 cm³/mol. The third-order valence-electron chi connectivity index (χ3n) is 1.29. The molecule has 1 aliphatic heterocycles. The van der Waals surface area contributed by atoms with Crippen LogP contribution in [-0.2, 0) is 9.53 Å². The zero-order valence-corrected chi connectivity index (χ0v) is 5.28. The Balaban J connectivity index is 2.77. The van der Waals surface area contributed by atoms with Crippen molar-refractivity contribution in [2.24, 2.45) is 0 Å². The first-order chi connectivity index (χ1) is 4.69. The molecule has 0 aromatic rings. The first-order valence-corrected chi connectivity index (χ1v) is 2.87. The van der Waals surface area contributed by atoms with Gasteiger partial charge in [0, 0.05) is 0 Å². The second kappa shape index (κ2) is 2.49. The molecule has 0 aliphatic carbocycles. The van der Waals surface area contributed by atoms with Gasteiger partial charge in [-0.25, -0.2) is 0 Å². The molecule has 2 N–H and O–H groups in total. The summed E-state index contributed by atoms with van der Waals surface area (Å²) < 4.78 is 4.60. The summed E-state index contributed by atoms with van der Waals surface area (Å²) in [6, 6.07) is 0. The Morgan fingerprint density at radius 3 is 2.90 bits per heavy atom. The van der Waals surface area contributed by atoms with E-state index in [4.69, 9.17) is 10.2 Å². The molecule has 4 nitrogen and oxygen atoms in total. The van der Waals surface area contributed by atoms with E-state index in [1.165, 1.54) is 12.2 Å². The fourth-order valence-corrected chi connectivity index (χ4v) is 0.666. The monoisotopic (exact) mass is 144 g/mol. The van der Waals surface area contributed by atoms with Gasteiger partial charge < -0.3 is 14.9 Å². The molecule has 0 aromatic carbocycles. The highest BCUT2D eigenvalue weighted by Gasteiger charge is 2.36. The maximum Gasteiger partial charge on any atom is 0.254 e. The van der Waals surface area contributed by atoms with Crippen LogP contribution in [0.2, 0.25) is 0 Å². The maximum atomic E-state index is 10.7. The van der Waals surface area contributed by atoms with Gasteiger partial charge in [0.05, 0.1) is 6.61 Å². The summed E-state index contributed by atoms with van der Waals surface area (Å²) in [4.78, 5) is 10.7. The minimum Gasteiger partial charge on any atom is -0.390 e. The van der Waals surface area contributed by atoms with Crippen LogP contribution in [0, 0.1) is 0 Å². The van der Waals surface area contributed by atoms with Gasteiger partial charge in [0.15, 0.2) is 0 Å². The fraction of sp³-hybridized carbons (Fsp3) is 0.500. The zero-order valence-electron chi connectivity index (χ0n) is 5.28. The molecule has 0 unspecified atom stereocenters. The molecule has 10 heavy (non-hydrogen) atoms. The van der Waals surface area contributed by atoms with Crippen LogP contribution in [0.25, 0.3) is 0 Å². The van der Waals surface area contributed by atoms with Crippen molar-refractivity contribution in [3.63, 3.8) is 0 Å². The summed E-state index contributed by atoms with van der Waals surface area (Å²) in [5.41, 5.74) is 0. The first kappa shape index (κ1) is 7.40. The minimum absolute atomic E-state index is 0.156. The van der Waals surface area contributed by atoms with Crippen LogP contribution in [0.5, 0.6) is 0 Å². The van der Waals surface area contributed by atoms with Crippen LogP contribution in [0.3, 0.4) is 0 Å². The van der Waals surface area contributed by atoms with Gasteiger partial charge in [0.1, 0.15) is 6.61 Å². The molecule has 0 fully saturated rings. The molecule has 1 heterocycles. The second-order valence-electron chi connectivity index (χ2n) is 2.02. The first-order valence-electron chi connectivity index (χ1n) is 2.87. The predicted octanol–water partition coefficient (Wildman–Crippen LogP) is -1.18. The third kappa shape index (κ3) is 1.09. The largest absolute Gasteiger partial charge is 0.390 e. The van der Waals surface area contributed by atoms with Crippen molar-refractivity contribution in [2.75, 3.05) is 13.2 Å². The van der Waals surface area contributed by atoms with Crippen molar-refractivity contribution in [1.82, 2.24) is 0 Å². The Morgan fingerprint density at radius 1 is 1.80 bits per heavy atom. The Hall–Kier alpha value is -0.710. The Morgan fingerprint density at radius 2 is 2.50 bits per heavy atom. The smallest absolute Gasteiger partial charge is 0.254 e. The molecule has 0 saturated heterocycles. The third-order valence-corrected chi connectivity index (χ3v) is 1.29. The topological polar surface area (TPSA) is 66.8 Å². The van der Waals surface area contributed by atoms with E-state index in [0.29, 0.717) is 0 Å². The van der Waals surface area contributed by atoms with Gasteiger partial charge >= 0.3 is 0 Å². The van der Waals surface area contributed by atoms with Crippen LogP contribution < -0.4 is 0 Å². The number of ether oxygens (including phenoxy) is 1. The van der Waals surface area contributed by atoms with Gasteiger partial charge in [-0.05, 0) is 6.08 Å². The molecule has 0 bridgehead atoms. The number of aliphatic hydroxyl groups is 2. The average molecular weight is 144 g/mol. The summed E-state index contributed by atoms with van der Waals surface area (Å²) >= 11 is 0. The minimum atomic E-state index is -1.99.